The average molecular weight is 467 g/mol. The Labute approximate surface area is 183 Å². The minimum atomic E-state index is -1.99. The van der Waals surface area contributed by atoms with Crippen molar-refractivity contribution >= 4 is 23.2 Å². The molecule has 1 unspecified atom stereocenters. The number of nitrogens with zero attached hydrogens (tertiary/aromatic N) is 6. The van der Waals surface area contributed by atoms with Crippen molar-refractivity contribution in [3.8, 4) is 5.69 Å². The predicted octanol–water partition coefficient (Wildman–Crippen LogP) is 2.80. The molecule has 12 heteroatoms. The highest BCUT2D eigenvalue weighted by Gasteiger charge is 2.35. The van der Waals surface area contributed by atoms with Crippen molar-refractivity contribution < 1.29 is 13.9 Å². The lowest BCUT2D eigenvalue weighted by Gasteiger charge is -2.28. The Morgan fingerprint density at radius 3 is 2.48 bits per heavy atom. The molecule has 2 aromatic carbocycles. The Morgan fingerprint density at radius 2 is 1.81 bits per heavy atom. The van der Waals surface area contributed by atoms with E-state index in [1.54, 1.807) is 6.07 Å². The molecule has 0 amide bonds. The minimum absolute atomic E-state index is 0.222. The van der Waals surface area contributed by atoms with Crippen LogP contribution < -0.4 is 5.69 Å². The van der Waals surface area contributed by atoms with E-state index in [1.165, 1.54) is 40.4 Å². The maximum Gasteiger partial charge on any atom is 0.350 e. The summed E-state index contributed by atoms with van der Waals surface area (Å²) in [6, 6.07) is 7.36. The molecule has 0 fully saturated rings. The van der Waals surface area contributed by atoms with Gasteiger partial charge in [0.05, 0.1) is 28.8 Å². The van der Waals surface area contributed by atoms with Crippen molar-refractivity contribution in [1.29, 1.82) is 0 Å². The largest absolute Gasteiger partial charge is 0.381 e. The SMILES string of the molecule is O=c1n(-c2ccc(Cl)c(Cl)c2)cnn1CC(O)(Cn1cncn1)c1ccc(F)cc1F. The fraction of sp³-hybridized carbons (Fsp3) is 0.158. The van der Waals surface area contributed by atoms with Crippen LogP contribution in [-0.2, 0) is 18.7 Å². The van der Waals surface area contributed by atoms with Gasteiger partial charge in [0.2, 0.25) is 0 Å². The Hall–Kier alpha value is -3.08. The highest BCUT2D eigenvalue weighted by Crippen LogP contribution is 2.28. The summed E-state index contributed by atoms with van der Waals surface area (Å²) in [4.78, 5) is 16.7. The second-order valence-electron chi connectivity index (χ2n) is 6.79. The average Bonchev–Trinajstić information content (AvgIpc) is 3.34. The Balaban J connectivity index is 1.75. The van der Waals surface area contributed by atoms with E-state index in [1.807, 2.05) is 0 Å². The van der Waals surface area contributed by atoms with Gasteiger partial charge in [0.25, 0.3) is 0 Å². The number of hydrogen-bond acceptors (Lipinski definition) is 5. The van der Waals surface area contributed by atoms with Gasteiger partial charge in [-0.15, -0.1) is 0 Å². The van der Waals surface area contributed by atoms with Crippen LogP contribution >= 0.6 is 23.2 Å². The maximum atomic E-state index is 14.5. The van der Waals surface area contributed by atoms with Crippen molar-refractivity contribution in [2.75, 3.05) is 0 Å². The maximum absolute atomic E-state index is 14.5. The number of aromatic nitrogens is 6. The van der Waals surface area contributed by atoms with Crippen molar-refractivity contribution in [3.63, 3.8) is 0 Å². The highest BCUT2D eigenvalue weighted by molar-refractivity contribution is 6.42. The molecule has 0 spiro atoms. The van der Waals surface area contributed by atoms with E-state index in [9.17, 15) is 18.7 Å². The van der Waals surface area contributed by atoms with Crippen LogP contribution in [0.4, 0.5) is 8.78 Å². The molecule has 4 rings (SSSR count). The monoisotopic (exact) mass is 466 g/mol. The molecule has 8 nitrogen and oxygen atoms in total. The molecule has 0 aliphatic rings. The van der Waals surface area contributed by atoms with Crippen LogP contribution in [0.3, 0.4) is 0 Å². The molecule has 2 aromatic heterocycles. The summed E-state index contributed by atoms with van der Waals surface area (Å²) in [6.45, 7) is -0.704. The molecule has 0 saturated carbocycles. The second kappa shape index (κ2) is 8.22. The van der Waals surface area contributed by atoms with E-state index < -0.39 is 29.5 Å². The number of halogens is 4. The molecule has 0 aliphatic heterocycles. The number of benzene rings is 2. The van der Waals surface area contributed by atoms with Crippen molar-refractivity contribution in [2.24, 2.45) is 0 Å². The zero-order valence-corrected chi connectivity index (χ0v) is 17.2. The molecule has 0 aliphatic carbocycles. The van der Waals surface area contributed by atoms with Crippen LogP contribution in [0, 0.1) is 11.6 Å². The van der Waals surface area contributed by atoms with Gasteiger partial charge in [-0.2, -0.15) is 10.2 Å². The van der Waals surface area contributed by atoms with Crippen molar-refractivity contribution in [1.82, 2.24) is 29.1 Å². The number of aliphatic hydroxyl groups is 1. The summed E-state index contributed by atoms with van der Waals surface area (Å²) < 4.78 is 31.4. The van der Waals surface area contributed by atoms with Crippen molar-refractivity contribution in [2.45, 2.75) is 18.7 Å². The third-order valence-electron chi connectivity index (χ3n) is 4.65. The van der Waals surface area contributed by atoms with Crippen LogP contribution in [0.1, 0.15) is 5.56 Å². The number of hydrogen-bond donors (Lipinski definition) is 1. The Bertz CT molecular complexity index is 1290. The minimum Gasteiger partial charge on any atom is -0.381 e. The van der Waals surface area contributed by atoms with E-state index >= 15 is 0 Å². The molecule has 4 aromatic rings. The van der Waals surface area contributed by atoms with Gasteiger partial charge < -0.3 is 5.11 Å². The van der Waals surface area contributed by atoms with Gasteiger partial charge in [0.1, 0.15) is 36.2 Å². The Kier molecular flexibility index (Phi) is 5.61. The van der Waals surface area contributed by atoms with Gasteiger partial charge in [0, 0.05) is 11.6 Å². The van der Waals surface area contributed by atoms with Crippen LogP contribution in [0.15, 0.2) is 60.2 Å². The van der Waals surface area contributed by atoms with Gasteiger partial charge in [-0.25, -0.2) is 32.5 Å². The van der Waals surface area contributed by atoms with E-state index in [0.29, 0.717) is 16.8 Å². The topological polar surface area (TPSA) is 90.8 Å². The quantitative estimate of drug-likeness (QED) is 0.471. The summed E-state index contributed by atoms with van der Waals surface area (Å²) in [6.07, 6.45) is 3.80. The standard InChI is InChI=1S/C19H14Cl2F2N6O2/c20-15-4-2-13(6-16(15)21)28-11-26-29(18(28)30)8-19(31,7-27-10-24-9-25-27)14-3-1-12(22)5-17(14)23/h1-6,9-11,31H,7-8H2. The van der Waals surface area contributed by atoms with Crippen LogP contribution in [0.5, 0.6) is 0 Å². The molecule has 0 bridgehead atoms. The molecule has 31 heavy (non-hydrogen) atoms. The van der Waals surface area contributed by atoms with Crippen LogP contribution in [0.25, 0.3) is 5.69 Å². The molecule has 1 atom stereocenters. The van der Waals surface area contributed by atoms with E-state index in [-0.39, 0.29) is 17.1 Å². The molecule has 2 heterocycles. The molecular weight excluding hydrogens is 453 g/mol. The second-order valence-corrected chi connectivity index (χ2v) is 7.60. The fourth-order valence-corrected chi connectivity index (χ4v) is 3.47. The highest BCUT2D eigenvalue weighted by atomic mass is 35.5. The lowest BCUT2D eigenvalue weighted by molar-refractivity contribution is -0.00948. The lowest BCUT2D eigenvalue weighted by atomic mass is 9.93. The first-order chi connectivity index (χ1) is 14.8. The summed E-state index contributed by atoms with van der Waals surface area (Å²) in [5.74, 6) is -1.77. The first-order valence-electron chi connectivity index (χ1n) is 8.87. The van der Waals surface area contributed by atoms with Crippen LogP contribution in [-0.4, -0.2) is 34.2 Å². The van der Waals surface area contributed by atoms with E-state index in [2.05, 4.69) is 15.2 Å². The van der Waals surface area contributed by atoms with E-state index in [4.69, 9.17) is 23.2 Å². The molecule has 1 N–H and O–H groups in total. The summed E-state index contributed by atoms with van der Waals surface area (Å²) in [5.41, 5.74) is -2.43. The molecular formula is C19H14Cl2F2N6O2. The van der Waals surface area contributed by atoms with Gasteiger partial charge in [-0.05, 0) is 24.3 Å². The fourth-order valence-electron chi connectivity index (χ4n) is 3.17. The van der Waals surface area contributed by atoms with Gasteiger partial charge in [0.15, 0.2) is 0 Å². The molecule has 0 saturated heterocycles. The van der Waals surface area contributed by atoms with E-state index in [0.717, 1.165) is 16.8 Å². The van der Waals surface area contributed by atoms with Gasteiger partial charge >= 0.3 is 5.69 Å². The molecule has 0 radical (unpaired) electrons. The molecule has 160 valence electrons. The van der Waals surface area contributed by atoms with Crippen LogP contribution in [0.2, 0.25) is 10.0 Å². The third kappa shape index (κ3) is 4.22. The first kappa shape index (κ1) is 21.2. The summed E-state index contributed by atoms with van der Waals surface area (Å²) in [7, 11) is 0. The zero-order chi connectivity index (χ0) is 22.2. The summed E-state index contributed by atoms with van der Waals surface area (Å²) >= 11 is 11.9. The Morgan fingerprint density at radius 1 is 1.00 bits per heavy atom. The summed E-state index contributed by atoms with van der Waals surface area (Å²) in [5, 5.41) is 19.9. The zero-order valence-electron chi connectivity index (χ0n) is 15.7. The van der Waals surface area contributed by atoms with Gasteiger partial charge in [-0.1, -0.05) is 29.3 Å². The smallest absolute Gasteiger partial charge is 0.350 e. The predicted molar refractivity (Wildman–Crippen MR) is 108 cm³/mol. The normalized spacial score (nSPS) is 13.3. The lowest BCUT2D eigenvalue weighted by Crippen LogP contribution is -2.41. The first-order valence-corrected chi connectivity index (χ1v) is 9.63. The van der Waals surface area contributed by atoms with Gasteiger partial charge in [-0.3, -0.25) is 0 Å². The third-order valence-corrected chi connectivity index (χ3v) is 5.39. The van der Waals surface area contributed by atoms with Crippen molar-refractivity contribution in [3.05, 3.63) is 93.1 Å². The number of rotatable bonds is 6.